The minimum Gasteiger partial charge on any atom is -0.455 e. The van der Waals surface area contributed by atoms with E-state index in [-0.39, 0.29) is 29.1 Å². The summed E-state index contributed by atoms with van der Waals surface area (Å²) < 4.78 is 7.28. The van der Waals surface area contributed by atoms with Crippen molar-refractivity contribution in [3.8, 4) is 11.5 Å². The van der Waals surface area contributed by atoms with Crippen LogP contribution < -0.4 is 15.6 Å². The quantitative estimate of drug-likeness (QED) is 0.355. The summed E-state index contributed by atoms with van der Waals surface area (Å²) in [6, 6.07) is 6.58. The second-order valence-electron chi connectivity index (χ2n) is 10.5. The second-order valence-corrected chi connectivity index (χ2v) is 10.9. The molecule has 2 amide bonds. The molecule has 0 atom stereocenters. The number of rotatable bonds is 10. The van der Waals surface area contributed by atoms with Crippen molar-refractivity contribution < 1.29 is 14.3 Å². The van der Waals surface area contributed by atoms with Crippen LogP contribution in [0.2, 0.25) is 0 Å². The van der Waals surface area contributed by atoms with Crippen molar-refractivity contribution in [3.05, 3.63) is 94.2 Å². The lowest BCUT2D eigenvalue weighted by atomic mass is 9.84. The van der Waals surface area contributed by atoms with Crippen molar-refractivity contribution in [2.24, 2.45) is 5.41 Å². The molecule has 4 heterocycles. The van der Waals surface area contributed by atoms with Crippen molar-refractivity contribution in [1.82, 2.24) is 24.8 Å². The third-order valence-electron chi connectivity index (χ3n) is 6.47. The molecule has 0 radical (unpaired) electrons. The molecule has 0 spiro atoms. The lowest BCUT2D eigenvalue weighted by Gasteiger charge is -2.45. The first-order chi connectivity index (χ1) is 19.1. The van der Waals surface area contributed by atoms with Gasteiger partial charge >= 0.3 is 0 Å². The van der Waals surface area contributed by atoms with Gasteiger partial charge in [-0.2, -0.15) is 0 Å². The van der Waals surface area contributed by atoms with Crippen LogP contribution in [0.3, 0.4) is 0 Å². The van der Waals surface area contributed by atoms with Gasteiger partial charge in [0.1, 0.15) is 29.3 Å². The Bertz CT molecular complexity index is 1550. The zero-order valence-corrected chi connectivity index (χ0v) is 23.6. The fourth-order valence-electron chi connectivity index (χ4n) is 4.42. The molecule has 0 unspecified atom stereocenters. The lowest BCUT2D eigenvalue weighted by Crippen LogP contribution is -2.56. The highest BCUT2D eigenvalue weighted by atomic mass is 35.5. The molecule has 3 aromatic rings. The van der Waals surface area contributed by atoms with Gasteiger partial charge in [-0.1, -0.05) is 49.8 Å². The van der Waals surface area contributed by atoms with Gasteiger partial charge in [-0.25, -0.2) is 4.98 Å². The number of ether oxygens (including phenoxy) is 1. The molecular weight excluding hydrogens is 530 g/mol. The summed E-state index contributed by atoms with van der Waals surface area (Å²) in [5.74, 6) is 0.0861. The number of fused-ring (bicyclic) bond motifs is 1. The topological polar surface area (TPSA) is 106 Å². The van der Waals surface area contributed by atoms with E-state index in [9.17, 15) is 14.4 Å². The van der Waals surface area contributed by atoms with Crippen LogP contribution in [0.5, 0.6) is 11.5 Å². The zero-order chi connectivity index (χ0) is 28.9. The highest BCUT2D eigenvalue weighted by Crippen LogP contribution is 2.30. The average Bonchev–Trinajstić information content (AvgIpc) is 2.92. The van der Waals surface area contributed by atoms with E-state index in [2.05, 4.69) is 35.7 Å². The minimum absolute atomic E-state index is 0.0345. The van der Waals surface area contributed by atoms with Crippen molar-refractivity contribution in [2.75, 3.05) is 19.6 Å². The summed E-state index contributed by atoms with van der Waals surface area (Å²) in [6.45, 7) is 10.9. The molecular formula is C30H32ClN5O4. The third kappa shape index (κ3) is 6.84. The average molecular weight is 562 g/mol. The van der Waals surface area contributed by atoms with Gasteiger partial charge < -0.3 is 15.0 Å². The predicted molar refractivity (Wildman–Crippen MR) is 156 cm³/mol. The van der Waals surface area contributed by atoms with Gasteiger partial charge in [0.15, 0.2) is 0 Å². The monoisotopic (exact) mass is 561 g/mol. The van der Waals surface area contributed by atoms with Crippen LogP contribution >= 0.6 is 11.6 Å². The molecule has 10 heteroatoms. The van der Waals surface area contributed by atoms with Crippen molar-refractivity contribution in [2.45, 2.75) is 33.7 Å². The summed E-state index contributed by atoms with van der Waals surface area (Å²) in [4.78, 5) is 50.1. The van der Waals surface area contributed by atoms with Crippen LogP contribution in [-0.2, 0) is 11.3 Å². The first-order valence-corrected chi connectivity index (χ1v) is 13.3. The van der Waals surface area contributed by atoms with E-state index in [4.69, 9.17) is 16.3 Å². The Morgan fingerprint density at radius 2 is 2.00 bits per heavy atom. The Morgan fingerprint density at radius 1 is 1.23 bits per heavy atom. The SMILES string of the molecule is C=CC(Cl)=CC=C(C)CCNC(=O)c1cc2c(Oc3cccnc3)ccnc2n(CC(=O)N2CC(C)(C)C2)c1=O. The van der Waals surface area contributed by atoms with E-state index >= 15 is 0 Å². The lowest BCUT2D eigenvalue weighted by molar-refractivity contribution is -0.142. The van der Waals surface area contributed by atoms with Gasteiger partial charge in [0, 0.05) is 37.1 Å². The summed E-state index contributed by atoms with van der Waals surface area (Å²) in [7, 11) is 0. The highest BCUT2D eigenvalue weighted by Gasteiger charge is 2.37. The van der Waals surface area contributed by atoms with Gasteiger partial charge in [-0.3, -0.25) is 23.9 Å². The molecule has 1 fully saturated rings. The number of hydrogen-bond acceptors (Lipinski definition) is 6. The third-order valence-corrected chi connectivity index (χ3v) is 6.75. The molecule has 0 bridgehead atoms. The zero-order valence-electron chi connectivity index (χ0n) is 22.8. The maximum atomic E-state index is 13.6. The van der Waals surface area contributed by atoms with E-state index in [0.717, 1.165) is 5.57 Å². The Morgan fingerprint density at radius 3 is 2.67 bits per heavy atom. The molecule has 9 nitrogen and oxygen atoms in total. The fourth-order valence-corrected chi connectivity index (χ4v) is 4.48. The first kappa shape index (κ1) is 28.8. The van der Waals surface area contributed by atoms with Gasteiger partial charge in [0.2, 0.25) is 5.91 Å². The van der Waals surface area contributed by atoms with Crippen molar-refractivity contribution in [1.29, 1.82) is 0 Å². The standard InChI is InChI=1S/C30H32ClN5O4/c1-5-21(31)9-8-20(2)10-13-34-28(38)24-15-23-25(40-22-7-6-12-32-16-22)11-14-33-27(23)36(29(24)39)17-26(37)35-18-30(3,4)19-35/h5-9,11-12,14-16H,1,10,13,17-19H2,2-4H3,(H,34,38). The van der Waals surface area contributed by atoms with Crippen LogP contribution in [-0.4, -0.2) is 50.9 Å². The number of halogens is 1. The molecule has 40 heavy (non-hydrogen) atoms. The Balaban J connectivity index is 1.66. The van der Waals surface area contributed by atoms with E-state index in [1.807, 2.05) is 13.0 Å². The number of pyridine rings is 3. The number of allylic oxidation sites excluding steroid dienone is 4. The molecule has 1 N–H and O–H groups in total. The van der Waals surface area contributed by atoms with Crippen LogP contribution in [0.1, 0.15) is 37.6 Å². The molecule has 1 aliphatic heterocycles. The smallest absolute Gasteiger partial charge is 0.265 e. The Kier molecular flexibility index (Phi) is 8.84. The molecule has 0 aliphatic carbocycles. The first-order valence-electron chi connectivity index (χ1n) is 12.9. The Labute approximate surface area is 237 Å². The molecule has 0 aromatic carbocycles. The molecule has 4 rings (SSSR count). The molecule has 3 aromatic heterocycles. The number of nitrogens with zero attached hydrogens (tertiary/aromatic N) is 4. The maximum Gasteiger partial charge on any atom is 0.265 e. The van der Waals surface area contributed by atoms with Gasteiger partial charge in [0.25, 0.3) is 11.5 Å². The summed E-state index contributed by atoms with van der Waals surface area (Å²) in [5, 5.41) is 3.74. The van der Waals surface area contributed by atoms with Crippen LogP contribution in [0.15, 0.2) is 83.1 Å². The van der Waals surface area contributed by atoms with E-state index in [1.54, 1.807) is 41.6 Å². The van der Waals surface area contributed by atoms with Crippen LogP contribution in [0.25, 0.3) is 11.0 Å². The highest BCUT2D eigenvalue weighted by molar-refractivity contribution is 6.31. The fraction of sp³-hybridized carbons (Fsp3) is 0.300. The number of nitrogens with one attached hydrogen (secondary N) is 1. The molecule has 0 saturated carbocycles. The van der Waals surface area contributed by atoms with Crippen molar-refractivity contribution >= 4 is 34.4 Å². The molecule has 1 saturated heterocycles. The summed E-state index contributed by atoms with van der Waals surface area (Å²) in [6.07, 6.45) is 10.3. The summed E-state index contributed by atoms with van der Waals surface area (Å²) >= 11 is 5.95. The van der Waals surface area contributed by atoms with Gasteiger partial charge in [-0.05, 0) is 49.1 Å². The van der Waals surface area contributed by atoms with Crippen LogP contribution in [0, 0.1) is 5.41 Å². The minimum atomic E-state index is -0.600. The molecule has 1 aliphatic rings. The van der Waals surface area contributed by atoms with E-state index in [0.29, 0.717) is 48.0 Å². The van der Waals surface area contributed by atoms with Crippen molar-refractivity contribution in [3.63, 3.8) is 0 Å². The second kappa shape index (κ2) is 12.3. The number of aromatic nitrogens is 3. The predicted octanol–water partition coefficient (Wildman–Crippen LogP) is 4.83. The molecule has 208 valence electrons. The number of likely N-dealkylation sites (tertiary alicyclic amines) is 1. The summed E-state index contributed by atoms with van der Waals surface area (Å²) in [5.41, 5.74) is 0.560. The van der Waals surface area contributed by atoms with Gasteiger partial charge in [0.05, 0.1) is 11.6 Å². The van der Waals surface area contributed by atoms with E-state index in [1.165, 1.54) is 22.9 Å². The number of carbonyl (C=O) groups excluding carboxylic acids is 2. The Hall–Kier alpha value is -4.24. The van der Waals surface area contributed by atoms with Gasteiger partial charge in [-0.15, -0.1) is 0 Å². The maximum absolute atomic E-state index is 13.6. The van der Waals surface area contributed by atoms with Crippen LogP contribution in [0.4, 0.5) is 0 Å². The van der Waals surface area contributed by atoms with E-state index < -0.39 is 11.5 Å². The number of carbonyl (C=O) groups is 2. The number of hydrogen-bond donors (Lipinski definition) is 1. The largest absolute Gasteiger partial charge is 0.455 e. The number of amides is 2. The normalized spacial score (nSPS) is 14.9.